The lowest BCUT2D eigenvalue weighted by Crippen LogP contribution is -2.32. The van der Waals surface area contributed by atoms with Crippen LogP contribution >= 0.6 is 0 Å². The molecule has 0 saturated heterocycles. The molecule has 2 atom stereocenters. The minimum Gasteiger partial charge on any atom is -0.480 e. The van der Waals surface area contributed by atoms with E-state index >= 15 is 0 Å². The van der Waals surface area contributed by atoms with Crippen molar-refractivity contribution in [2.75, 3.05) is 19.7 Å². The summed E-state index contributed by atoms with van der Waals surface area (Å²) in [4.78, 5) is 33.0. The molecule has 0 radical (unpaired) electrons. The molecule has 0 amide bonds. The summed E-state index contributed by atoms with van der Waals surface area (Å²) in [5.41, 5.74) is 5.32. The molecule has 20 heavy (non-hydrogen) atoms. The number of aliphatic hydroxyl groups is 2. The fourth-order valence-electron chi connectivity index (χ4n) is 1.43. The molecule has 8 nitrogen and oxygen atoms in total. The molecule has 6 N–H and O–H groups in total. The van der Waals surface area contributed by atoms with Crippen LogP contribution in [0.25, 0.3) is 0 Å². The molecule has 0 spiro atoms. The van der Waals surface area contributed by atoms with Crippen LogP contribution in [0.4, 0.5) is 0 Å². The Morgan fingerprint density at radius 2 is 1.80 bits per heavy atom. The van der Waals surface area contributed by atoms with Crippen molar-refractivity contribution in [2.45, 2.75) is 37.8 Å². The van der Waals surface area contributed by atoms with Crippen molar-refractivity contribution < 1.29 is 29.7 Å². The van der Waals surface area contributed by atoms with Gasteiger partial charge in [-0.2, -0.15) is 0 Å². The van der Waals surface area contributed by atoms with Crippen molar-refractivity contribution in [3.8, 4) is 0 Å². The minimum absolute atomic E-state index is 0.137. The molecule has 0 rings (SSSR count). The second-order valence-electron chi connectivity index (χ2n) is 4.50. The zero-order valence-corrected chi connectivity index (χ0v) is 11.2. The molecule has 0 saturated carbocycles. The van der Waals surface area contributed by atoms with Gasteiger partial charge in [0.15, 0.2) is 0 Å². The number of unbranched alkanes of at least 4 members (excludes halogenated alkanes) is 1. The van der Waals surface area contributed by atoms with E-state index in [1.54, 1.807) is 0 Å². The van der Waals surface area contributed by atoms with Gasteiger partial charge in [-0.25, -0.2) is 0 Å². The van der Waals surface area contributed by atoms with Gasteiger partial charge in [-0.1, -0.05) is 6.42 Å². The standard InChI is InChI=1S/C12H22N2O6/c13-9(12(19)20)3-1-2-4-14-6-11(18)10(17)5-8(16)7-15/h8-9,14-16H,1-7,13H2,(H,19,20)/t8?,9-/m0/s1. The number of aliphatic hydroxyl groups excluding tert-OH is 2. The maximum Gasteiger partial charge on any atom is 0.320 e. The molecule has 0 aromatic rings. The van der Waals surface area contributed by atoms with Crippen LogP contribution in [-0.2, 0) is 14.4 Å². The number of nitrogens with one attached hydrogen (secondary N) is 1. The smallest absolute Gasteiger partial charge is 0.320 e. The van der Waals surface area contributed by atoms with Crippen molar-refractivity contribution >= 4 is 17.5 Å². The van der Waals surface area contributed by atoms with Gasteiger partial charge in [-0.3, -0.25) is 14.4 Å². The Labute approximate surface area is 117 Å². The van der Waals surface area contributed by atoms with Crippen LogP contribution in [0.1, 0.15) is 25.7 Å². The Balaban J connectivity index is 3.62. The molecule has 0 heterocycles. The molecular formula is C12H22N2O6. The fraction of sp³-hybridized carbons (Fsp3) is 0.750. The van der Waals surface area contributed by atoms with Crippen molar-refractivity contribution in [3.63, 3.8) is 0 Å². The Kier molecular flexibility index (Phi) is 9.73. The van der Waals surface area contributed by atoms with Gasteiger partial charge in [0, 0.05) is 6.42 Å². The van der Waals surface area contributed by atoms with Crippen LogP contribution < -0.4 is 11.1 Å². The second-order valence-corrected chi connectivity index (χ2v) is 4.50. The number of hydrogen-bond acceptors (Lipinski definition) is 7. The number of hydrogen-bond donors (Lipinski definition) is 5. The molecule has 0 bridgehead atoms. The minimum atomic E-state index is -1.20. The Morgan fingerprint density at radius 1 is 1.15 bits per heavy atom. The van der Waals surface area contributed by atoms with E-state index in [0.717, 1.165) is 0 Å². The molecular weight excluding hydrogens is 268 g/mol. The van der Waals surface area contributed by atoms with Gasteiger partial charge in [0.25, 0.3) is 0 Å². The van der Waals surface area contributed by atoms with Crippen molar-refractivity contribution in [3.05, 3.63) is 0 Å². The van der Waals surface area contributed by atoms with E-state index in [-0.39, 0.29) is 13.0 Å². The van der Waals surface area contributed by atoms with Crippen LogP contribution in [-0.4, -0.2) is 64.7 Å². The second kappa shape index (κ2) is 10.4. The summed E-state index contributed by atoms with van der Waals surface area (Å²) in [5.74, 6) is -2.42. The first-order valence-corrected chi connectivity index (χ1v) is 6.42. The van der Waals surface area contributed by atoms with Gasteiger partial charge in [0.1, 0.15) is 6.04 Å². The molecule has 8 heteroatoms. The number of aliphatic carboxylic acids is 1. The molecule has 116 valence electrons. The first kappa shape index (κ1) is 18.7. The van der Waals surface area contributed by atoms with Gasteiger partial charge in [0.2, 0.25) is 11.6 Å². The summed E-state index contributed by atoms with van der Waals surface area (Å²) in [6.45, 7) is -0.230. The highest BCUT2D eigenvalue weighted by Gasteiger charge is 2.17. The monoisotopic (exact) mass is 290 g/mol. The number of Topliss-reactive ketones (excluding diaryl/α,β-unsaturated/α-hetero) is 2. The maximum atomic E-state index is 11.3. The number of carbonyl (C=O) groups is 3. The molecule has 0 aliphatic heterocycles. The normalized spacial score (nSPS) is 13.8. The average Bonchev–Trinajstić information content (AvgIpc) is 2.41. The first-order chi connectivity index (χ1) is 9.38. The van der Waals surface area contributed by atoms with Crippen LogP contribution in [0.5, 0.6) is 0 Å². The van der Waals surface area contributed by atoms with Crippen molar-refractivity contribution in [1.29, 1.82) is 0 Å². The quantitative estimate of drug-likeness (QED) is 0.205. The van der Waals surface area contributed by atoms with Gasteiger partial charge in [0.05, 0.1) is 19.3 Å². The van der Waals surface area contributed by atoms with E-state index in [0.29, 0.717) is 25.8 Å². The topological polar surface area (TPSA) is 150 Å². The summed E-state index contributed by atoms with van der Waals surface area (Å²) >= 11 is 0. The Hall–Kier alpha value is -1.35. The van der Waals surface area contributed by atoms with Crippen LogP contribution in [0.3, 0.4) is 0 Å². The summed E-state index contributed by atoms with van der Waals surface area (Å²) in [6, 6.07) is -0.877. The van der Waals surface area contributed by atoms with Crippen LogP contribution in [0.15, 0.2) is 0 Å². The highest BCUT2D eigenvalue weighted by atomic mass is 16.4. The number of carboxylic acid groups (broad SMARTS) is 1. The average molecular weight is 290 g/mol. The SMILES string of the molecule is N[C@@H](CCCCNCC(=O)C(=O)CC(O)CO)C(=O)O. The summed E-state index contributed by atoms with van der Waals surface area (Å²) in [7, 11) is 0. The third-order valence-corrected chi connectivity index (χ3v) is 2.66. The number of rotatable bonds is 12. The van der Waals surface area contributed by atoms with Crippen molar-refractivity contribution in [2.24, 2.45) is 5.73 Å². The van der Waals surface area contributed by atoms with E-state index in [4.69, 9.17) is 21.1 Å². The molecule has 0 aliphatic rings. The largest absolute Gasteiger partial charge is 0.480 e. The third kappa shape index (κ3) is 8.70. The number of nitrogens with two attached hydrogens (primary N) is 1. The molecule has 0 fully saturated rings. The van der Waals surface area contributed by atoms with Crippen LogP contribution in [0, 0.1) is 0 Å². The number of ketones is 2. The summed E-state index contributed by atoms with van der Waals surface area (Å²) in [5, 5.41) is 28.9. The lowest BCUT2D eigenvalue weighted by atomic mass is 10.1. The van der Waals surface area contributed by atoms with E-state index in [2.05, 4.69) is 5.32 Å². The lowest BCUT2D eigenvalue weighted by Gasteiger charge is -2.07. The van der Waals surface area contributed by atoms with E-state index in [1.165, 1.54) is 0 Å². The molecule has 0 aromatic heterocycles. The summed E-state index contributed by atoms with van der Waals surface area (Å²) in [6.07, 6.45) is 0.00823. The van der Waals surface area contributed by atoms with Crippen molar-refractivity contribution in [1.82, 2.24) is 5.32 Å². The zero-order chi connectivity index (χ0) is 15.5. The Morgan fingerprint density at radius 3 is 2.35 bits per heavy atom. The van der Waals surface area contributed by atoms with Gasteiger partial charge >= 0.3 is 5.97 Å². The van der Waals surface area contributed by atoms with Gasteiger partial charge in [-0.15, -0.1) is 0 Å². The predicted octanol–water partition coefficient (Wildman–Crippen LogP) is -1.96. The predicted molar refractivity (Wildman–Crippen MR) is 70.1 cm³/mol. The van der Waals surface area contributed by atoms with E-state index < -0.39 is 36.3 Å². The zero-order valence-electron chi connectivity index (χ0n) is 11.2. The Bertz CT molecular complexity index is 334. The maximum absolute atomic E-state index is 11.3. The highest BCUT2D eigenvalue weighted by molar-refractivity contribution is 6.38. The molecule has 0 aliphatic carbocycles. The summed E-state index contributed by atoms with van der Waals surface area (Å²) < 4.78 is 0. The van der Waals surface area contributed by atoms with E-state index in [1.807, 2.05) is 0 Å². The lowest BCUT2D eigenvalue weighted by molar-refractivity contribution is -0.138. The molecule has 1 unspecified atom stereocenters. The first-order valence-electron chi connectivity index (χ1n) is 6.42. The van der Waals surface area contributed by atoms with Gasteiger partial charge < -0.3 is 26.4 Å². The highest BCUT2D eigenvalue weighted by Crippen LogP contribution is 1.98. The number of carbonyl (C=O) groups excluding carboxylic acids is 2. The molecule has 0 aromatic carbocycles. The van der Waals surface area contributed by atoms with E-state index in [9.17, 15) is 14.4 Å². The third-order valence-electron chi connectivity index (χ3n) is 2.66. The van der Waals surface area contributed by atoms with Gasteiger partial charge in [-0.05, 0) is 19.4 Å². The fourth-order valence-corrected chi connectivity index (χ4v) is 1.43. The number of carboxylic acids is 1. The van der Waals surface area contributed by atoms with Crippen LogP contribution in [0.2, 0.25) is 0 Å².